The molecule has 1 aromatic heterocycles. The summed E-state index contributed by atoms with van der Waals surface area (Å²) in [5.74, 6) is 0.627. The molecule has 1 heterocycles. The van der Waals surface area contributed by atoms with Crippen LogP contribution in [0.3, 0.4) is 0 Å². The molecule has 1 aliphatic carbocycles. The van der Waals surface area contributed by atoms with Crippen LogP contribution in [0.15, 0.2) is 54.6 Å². The summed E-state index contributed by atoms with van der Waals surface area (Å²) in [5.41, 5.74) is 4.79. The third-order valence-corrected chi connectivity index (χ3v) is 5.60. The summed E-state index contributed by atoms with van der Waals surface area (Å²) in [6, 6.07) is 16.9. The standard InChI is InChI=1S/C23H26N4O2/c1-15-16(2)26-27(18-11-4-3-5-12-18)22(15)25-23(29)24-21-19-13-7-6-9-17(19)10-8-14-20(21)28/h3-7,9,11-13,20-21,28H,8,10,14H2,1-2H3,(H2,24,25,29). The van der Waals surface area contributed by atoms with Gasteiger partial charge in [-0.1, -0.05) is 42.5 Å². The second-order valence-corrected chi connectivity index (χ2v) is 7.54. The molecule has 6 nitrogen and oxygen atoms in total. The molecule has 1 aliphatic rings. The first-order chi connectivity index (χ1) is 14.0. The maximum absolute atomic E-state index is 12.9. The zero-order valence-electron chi connectivity index (χ0n) is 16.7. The van der Waals surface area contributed by atoms with E-state index in [4.69, 9.17) is 0 Å². The van der Waals surface area contributed by atoms with E-state index in [1.165, 1.54) is 5.56 Å². The Hall–Kier alpha value is -3.12. The van der Waals surface area contributed by atoms with Crippen molar-refractivity contribution in [2.45, 2.75) is 45.3 Å². The molecule has 0 fully saturated rings. The molecule has 0 bridgehead atoms. The van der Waals surface area contributed by atoms with Crippen molar-refractivity contribution in [3.05, 3.63) is 77.0 Å². The minimum atomic E-state index is -0.619. The van der Waals surface area contributed by atoms with Crippen LogP contribution in [-0.2, 0) is 6.42 Å². The van der Waals surface area contributed by atoms with Crippen molar-refractivity contribution in [2.24, 2.45) is 0 Å². The highest BCUT2D eigenvalue weighted by Gasteiger charge is 2.28. The van der Waals surface area contributed by atoms with Crippen LogP contribution in [0.5, 0.6) is 0 Å². The number of rotatable bonds is 3. The Morgan fingerprint density at radius 3 is 2.62 bits per heavy atom. The number of urea groups is 1. The largest absolute Gasteiger partial charge is 0.391 e. The van der Waals surface area contributed by atoms with Gasteiger partial charge in [-0.15, -0.1) is 0 Å². The van der Waals surface area contributed by atoms with Crippen molar-refractivity contribution in [3.63, 3.8) is 0 Å². The summed E-state index contributed by atoms with van der Waals surface area (Å²) in [6.45, 7) is 3.86. The Balaban J connectivity index is 1.60. The van der Waals surface area contributed by atoms with E-state index in [9.17, 15) is 9.90 Å². The number of aliphatic hydroxyl groups is 1. The van der Waals surface area contributed by atoms with Crippen LogP contribution < -0.4 is 10.6 Å². The third-order valence-electron chi connectivity index (χ3n) is 5.60. The fourth-order valence-electron chi connectivity index (χ4n) is 3.91. The normalized spacial score (nSPS) is 18.6. The average Bonchev–Trinajstić information content (AvgIpc) is 2.91. The summed E-state index contributed by atoms with van der Waals surface area (Å²) in [7, 11) is 0. The van der Waals surface area contributed by atoms with Crippen LogP contribution in [-0.4, -0.2) is 27.0 Å². The lowest BCUT2D eigenvalue weighted by molar-refractivity contribution is 0.123. The van der Waals surface area contributed by atoms with Crippen LogP contribution in [0.25, 0.3) is 5.69 Å². The molecule has 0 saturated carbocycles. The molecular weight excluding hydrogens is 364 g/mol. The molecule has 6 heteroatoms. The van der Waals surface area contributed by atoms with Gasteiger partial charge in [-0.05, 0) is 56.4 Å². The number of aryl methyl sites for hydroxylation is 2. The fourth-order valence-corrected chi connectivity index (χ4v) is 3.91. The smallest absolute Gasteiger partial charge is 0.320 e. The molecule has 3 aromatic rings. The third kappa shape index (κ3) is 3.89. The van der Waals surface area contributed by atoms with Crippen molar-refractivity contribution >= 4 is 11.8 Å². The van der Waals surface area contributed by atoms with Crippen LogP contribution in [0.1, 0.15) is 41.3 Å². The van der Waals surface area contributed by atoms with Crippen LogP contribution in [0.2, 0.25) is 0 Å². The quantitative estimate of drug-likeness (QED) is 0.590. The Bertz CT molecular complexity index is 1010. The number of aliphatic hydroxyl groups excluding tert-OH is 1. The molecule has 0 aliphatic heterocycles. The van der Waals surface area contributed by atoms with Gasteiger partial charge in [0, 0.05) is 5.56 Å². The molecule has 2 amide bonds. The summed E-state index contributed by atoms with van der Waals surface area (Å²) in [6.07, 6.45) is 1.84. The predicted octanol–water partition coefficient (Wildman–Crippen LogP) is 4.05. The van der Waals surface area contributed by atoms with E-state index >= 15 is 0 Å². The lowest BCUT2D eigenvalue weighted by Gasteiger charge is -2.24. The van der Waals surface area contributed by atoms with Gasteiger partial charge < -0.3 is 10.4 Å². The predicted molar refractivity (Wildman–Crippen MR) is 113 cm³/mol. The molecule has 2 aromatic carbocycles. The summed E-state index contributed by atoms with van der Waals surface area (Å²) in [5, 5.41) is 21.2. The number of carbonyl (C=O) groups is 1. The van der Waals surface area contributed by atoms with Gasteiger partial charge in [0.1, 0.15) is 5.82 Å². The monoisotopic (exact) mass is 390 g/mol. The van der Waals surface area contributed by atoms with Crippen molar-refractivity contribution in [1.82, 2.24) is 15.1 Å². The molecular formula is C23H26N4O2. The minimum absolute atomic E-state index is 0.356. The number of anilines is 1. The maximum Gasteiger partial charge on any atom is 0.320 e. The highest BCUT2D eigenvalue weighted by atomic mass is 16.3. The molecule has 150 valence electrons. The molecule has 2 atom stereocenters. The van der Waals surface area contributed by atoms with Crippen molar-refractivity contribution in [2.75, 3.05) is 5.32 Å². The Morgan fingerprint density at radius 2 is 1.83 bits per heavy atom. The number of hydrogen-bond donors (Lipinski definition) is 3. The zero-order chi connectivity index (χ0) is 20.4. The second-order valence-electron chi connectivity index (χ2n) is 7.54. The van der Waals surface area contributed by atoms with E-state index in [-0.39, 0.29) is 6.03 Å². The molecule has 29 heavy (non-hydrogen) atoms. The fraction of sp³-hybridized carbons (Fsp3) is 0.304. The van der Waals surface area contributed by atoms with Gasteiger partial charge in [0.2, 0.25) is 0 Å². The minimum Gasteiger partial charge on any atom is -0.391 e. The topological polar surface area (TPSA) is 79.2 Å². The van der Waals surface area contributed by atoms with Gasteiger partial charge in [-0.3, -0.25) is 5.32 Å². The van der Waals surface area contributed by atoms with Gasteiger partial charge in [0.05, 0.1) is 23.5 Å². The molecule has 0 radical (unpaired) electrons. The number of nitrogens with one attached hydrogen (secondary N) is 2. The van der Waals surface area contributed by atoms with Gasteiger partial charge in [-0.2, -0.15) is 5.10 Å². The van der Waals surface area contributed by atoms with E-state index in [0.29, 0.717) is 12.2 Å². The van der Waals surface area contributed by atoms with Gasteiger partial charge in [0.25, 0.3) is 0 Å². The van der Waals surface area contributed by atoms with E-state index in [1.807, 2.05) is 62.4 Å². The molecule has 0 spiro atoms. The summed E-state index contributed by atoms with van der Waals surface area (Å²) < 4.78 is 1.74. The lowest BCUT2D eigenvalue weighted by atomic mass is 9.98. The Kier molecular flexibility index (Phi) is 5.36. The first-order valence-electron chi connectivity index (χ1n) is 9.99. The summed E-state index contributed by atoms with van der Waals surface area (Å²) >= 11 is 0. The second kappa shape index (κ2) is 8.09. The highest BCUT2D eigenvalue weighted by Crippen LogP contribution is 2.29. The highest BCUT2D eigenvalue weighted by molar-refractivity contribution is 5.90. The average molecular weight is 390 g/mol. The lowest BCUT2D eigenvalue weighted by Crippen LogP contribution is -2.39. The SMILES string of the molecule is Cc1nn(-c2ccccc2)c(NC(=O)NC2c3ccccc3CCCC2O)c1C. The number of fused-ring (bicyclic) bond motifs is 1. The van der Waals surface area contributed by atoms with E-state index in [0.717, 1.165) is 35.3 Å². The number of benzene rings is 2. The Morgan fingerprint density at radius 1 is 1.10 bits per heavy atom. The molecule has 2 unspecified atom stereocenters. The number of carbonyl (C=O) groups excluding carboxylic acids is 1. The molecule has 3 N–H and O–H groups in total. The Labute approximate surface area is 170 Å². The molecule has 0 saturated heterocycles. The number of aromatic nitrogens is 2. The van der Waals surface area contributed by atoms with Crippen LogP contribution in [0, 0.1) is 13.8 Å². The number of para-hydroxylation sites is 1. The van der Waals surface area contributed by atoms with E-state index in [1.54, 1.807) is 4.68 Å². The van der Waals surface area contributed by atoms with Crippen molar-refractivity contribution < 1.29 is 9.90 Å². The number of nitrogens with zero attached hydrogens (tertiary/aromatic N) is 2. The van der Waals surface area contributed by atoms with Gasteiger partial charge in [-0.25, -0.2) is 9.48 Å². The van der Waals surface area contributed by atoms with Crippen LogP contribution in [0.4, 0.5) is 10.6 Å². The first-order valence-corrected chi connectivity index (χ1v) is 9.99. The maximum atomic E-state index is 12.9. The van der Waals surface area contributed by atoms with Crippen molar-refractivity contribution in [1.29, 1.82) is 0 Å². The zero-order valence-corrected chi connectivity index (χ0v) is 16.7. The number of amides is 2. The first kappa shape index (κ1) is 19.2. The van der Waals surface area contributed by atoms with Crippen LogP contribution >= 0.6 is 0 Å². The van der Waals surface area contributed by atoms with Gasteiger partial charge in [0.15, 0.2) is 0 Å². The van der Waals surface area contributed by atoms with E-state index in [2.05, 4.69) is 21.8 Å². The number of hydrogen-bond acceptors (Lipinski definition) is 3. The van der Waals surface area contributed by atoms with Crippen molar-refractivity contribution in [3.8, 4) is 5.69 Å². The summed E-state index contributed by atoms with van der Waals surface area (Å²) in [4.78, 5) is 12.9. The van der Waals surface area contributed by atoms with E-state index < -0.39 is 12.1 Å². The molecule has 4 rings (SSSR count). The van der Waals surface area contributed by atoms with Gasteiger partial charge >= 0.3 is 6.03 Å².